The molecule has 6 heteroatoms. The third-order valence-corrected chi connectivity index (χ3v) is 2.90. The van der Waals surface area contributed by atoms with Crippen LogP contribution in [0.3, 0.4) is 0 Å². The number of thioether (sulfide) groups is 1. The van der Waals surface area contributed by atoms with Gasteiger partial charge in [-0.15, -0.1) is 0 Å². The lowest BCUT2D eigenvalue weighted by Gasteiger charge is -1.99. The van der Waals surface area contributed by atoms with Crippen molar-refractivity contribution < 1.29 is 4.79 Å². The van der Waals surface area contributed by atoms with E-state index in [1.807, 2.05) is 6.07 Å². The molecule has 0 saturated heterocycles. The van der Waals surface area contributed by atoms with E-state index >= 15 is 0 Å². The van der Waals surface area contributed by atoms with Crippen LogP contribution in [0.2, 0.25) is 0 Å². The normalized spacial score (nSPS) is 10.3. The Bertz CT molecular complexity index is 509. The number of nitrogens with two attached hydrogens (primary N) is 1. The minimum Gasteiger partial charge on any atom is -0.383 e. The molecule has 5 nitrogen and oxygen atoms in total. The first kappa shape index (κ1) is 10.7. The molecule has 2 heterocycles. The first-order valence-electron chi connectivity index (χ1n) is 4.59. The maximum Gasteiger partial charge on any atom is 0.230 e. The number of carbonyl (C=O) groups excluding carboxylic acids is 1. The van der Waals surface area contributed by atoms with Gasteiger partial charge in [0.05, 0.1) is 11.8 Å². The zero-order chi connectivity index (χ0) is 11.5. The third-order valence-electron chi connectivity index (χ3n) is 2.04. The van der Waals surface area contributed by atoms with E-state index in [2.05, 4.69) is 10.1 Å². The lowest BCUT2D eigenvalue weighted by Crippen LogP contribution is -2.02. The van der Waals surface area contributed by atoms with E-state index in [0.29, 0.717) is 16.4 Å². The number of pyridine rings is 1. The Hall–Kier alpha value is -1.82. The topological polar surface area (TPSA) is 73.8 Å². The maximum atomic E-state index is 11.8. The Morgan fingerprint density at radius 1 is 1.50 bits per heavy atom. The Morgan fingerprint density at radius 3 is 2.88 bits per heavy atom. The van der Waals surface area contributed by atoms with Crippen LogP contribution in [-0.4, -0.2) is 19.9 Å². The van der Waals surface area contributed by atoms with Gasteiger partial charge in [0.1, 0.15) is 10.8 Å². The van der Waals surface area contributed by atoms with Crippen molar-refractivity contribution in [3.63, 3.8) is 0 Å². The number of rotatable bonds is 2. The van der Waals surface area contributed by atoms with Gasteiger partial charge in [-0.25, -0.2) is 4.98 Å². The molecule has 0 radical (unpaired) electrons. The fourth-order valence-corrected chi connectivity index (χ4v) is 1.88. The van der Waals surface area contributed by atoms with Crippen molar-refractivity contribution >= 4 is 22.7 Å². The molecule has 0 unspecified atom stereocenters. The summed E-state index contributed by atoms with van der Waals surface area (Å²) in [6.07, 6.45) is 3.11. The summed E-state index contributed by atoms with van der Waals surface area (Å²) in [5.41, 5.74) is 6.12. The first-order valence-corrected chi connectivity index (χ1v) is 5.41. The SMILES string of the molecule is Cn1ncc(C(=O)Sc2ccccn2)c1N. The molecular weight excluding hydrogens is 224 g/mol. The largest absolute Gasteiger partial charge is 0.383 e. The van der Waals surface area contributed by atoms with Crippen molar-refractivity contribution in [2.24, 2.45) is 7.05 Å². The van der Waals surface area contributed by atoms with Crippen LogP contribution in [0.15, 0.2) is 35.6 Å². The summed E-state index contributed by atoms with van der Waals surface area (Å²) in [7, 11) is 1.69. The van der Waals surface area contributed by atoms with Gasteiger partial charge in [-0.2, -0.15) is 5.10 Å². The van der Waals surface area contributed by atoms with E-state index in [0.717, 1.165) is 11.8 Å². The fourth-order valence-electron chi connectivity index (χ4n) is 1.16. The number of aryl methyl sites for hydroxylation is 1. The molecule has 16 heavy (non-hydrogen) atoms. The van der Waals surface area contributed by atoms with Gasteiger partial charge >= 0.3 is 0 Å². The van der Waals surface area contributed by atoms with E-state index in [-0.39, 0.29) is 5.12 Å². The van der Waals surface area contributed by atoms with Gasteiger partial charge in [-0.3, -0.25) is 9.48 Å². The highest BCUT2D eigenvalue weighted by Crippen LogP contribution is 2.23. The zero-order valence-corrected chi connectivity index (χ0v) is 9.44. The lowest BCUT2D eigenvalue weighted by molar-refractivity contribution is 0.108. The number of hydrogen-bond donors (Lipinski definition) is 1. The van der Waals surface area contributed by atoms with Crippen molar-refractivity contribution in [2.75, 3.05) is 5.73 Å². The maximum absolute atomic E-state index is 11.8. The van der Waals surface area contributed by atoms with E-state index in [1.54, 1.807) is 25.4 Å². The van der Waals surface area contributed by atoms with Crippen molar-refractivity contribution in [3.8, 4) is 0 Å². The average molecular weight is 234 g/mol. The van der Waals surface area contributed by atoms with Crippen LogP contribution in [0, 0.1) is 0 Å². The molecule has 82 valence electrons. The number of aromatic nitrogens is 3. The minimum atomic E-state index is -0.149. The first-order chi connectivity index (χ1) is 7.68. The van der Waals surface area contributed by atoms with Gasteiger partial charge in [0.15, 0.2) is 0 Å². The summed E-state index contributed by atoms with van der Waals surface area (Å²) in [6.45, 7) is 0. The highest BCUT2D eigenvalue weighted by atomic mass is 32.2. The summed E-state index contributed by atoms with van der Waals surface area (Å²) < 4.78 is 1.46. The Labute approximate surface area is 96.7 Å². The molecule has 2 N–H and O–H groups in total. The predicted octanol–water partition coefficient (Wildman–Crippen LogP) is 1.33. The third kappa shape index (κ3) is 2.06. The second kappa shape index (κ2) is 4.36. The van der Waals surface area contributed by atoms with Gasteiger partial charge < -0.3 is 5.73 Å². The molecule has 0 aliphatic rings. The highest BCUT2D eigenvalue weighted by molar-refractivity contribution is 8.14. The summed E-state index contributed by atoms with van der Waals surface area (Å²) in [5.74, 6) is 0.369. The van der Waals surface area contributed by atoms with E-state index in [4.69, 9.17) is 5.73 Å². The Kier molecular flexibility index (Phi) is 2.91. The van der Waals surface area contributed by atoms with Crippen molar-refractivity contribution in [1.29, 1.82) is 0 Å². The Balaban J connectivity index is 2.18. The molecule has 0 spiro atoms. The molecule has 0 aliphatic carbocycles. The van der Waals surface area contributed by atoms with Crippen LogP contribution in [0.4, 0.5) is 5.82 Å². The van der Waals surface area contributed by atoms with Crippen molar-refractivity contribution in [2.45, 2.75) is 5.03 Å². The molecule has 0 aliphatic heterocycles. The number of hydrogen-bond acceptors (Lipinski definition) is 5. The van der Waals surface area contributed by atoms with E-state index in [9.17, 15) is 4.79 Å². The van der Waals surface area contributed by atoms with E-state index in [1.165, 1.54) is 10.9 Å². The number of nitrogen functional groups attached to an aromatic ring is 1. The van der Waals surface area contributed by atoms with Gasteiger partial charge in [-0.05, 0) is 23.9 Å². The molecule has 2 aromatic heterocycles. The Morgan fingerprint density at radius 2 is 2.31 bits per heavy atom. The second-order valence-corrected chi connectivity index (χ2v) is 4.12. The molecule has 0 aromatic carbocycles. The van der Waals surface area contributed by atoms with Crippen LogP contribution in [-0.2, 0) is 7.05 Å². The summed E-state index contributed by atoms with van der Waals surface area (Å²) in [6, 6.07) is 5.40. The van der Waals surface area contributed by atoms with E-state index < -0.39 is 0 Å². The fraction of sp³-hybridized carbons (Fsp3) is 0.100. The van der Waals surface area contributed by atoms with Gasteiger partial charge in [-0.1, -0.05) is 6.07 Å². The lowest BCUT2D eigenvalue weighted by atomic mass is 10.4. The molecule has 0 fully saturated rings. The van der Waals surface area contributed by atoms with Crippen molar-refractivity contribution in [1.82, 2.24) is 14.8 Å². The minimum absolute atomic E-state index is 0.149. The number of carbonyl (C=O) groups is 1. The van der Waals surface area contributed by atoms with Crippen LogP contribution in [0.25, 0.3) is 0 Å². The summed E-state index contributed by atoms with van der Waals surface area (Å²) >= 11 is 1.04. The smallest absolute Gasteiger partial charge is 0.230 e. The summed E-state index contributed by atoms with van der Waals surface area (Å²) in [5, 5.41) is 4.42. The van der Waals surface area contributed by atoms with Crippen LogP contribution in [0.5, 0.6) is 0 Å². The molecular formula is C10H10N4OS. The molecule has 2 rings (SSSR count). The van der Waals surface area contributed by atoms with Gasteiger partial charge in [0, 0.05) is 13.2 Å². The zero-order valence-electron chi connectivity index (χ0n) is 8.62. The predicted molar refractivity (Wildman–Crippen MR) is 62.0 cm³/mol. The van der Waals surface area contributed by atoms with Crippen LogP contribution in [0.1, 0.15) is 10.4 Å². The van der Waals surface area contributed by atoms with Crippen molar-refractivity contribution in [3.05, 3.63) is 36.2 Å². The number of nitrogens with zero attached hydrogens (tertiary/aromatic N) is 3. The van der Waals surface area contributed by atoms with Crippen LogP contribution < -0.4 is 5.73 Å². The van der Waals surface area contributed by atoms with Gasteiger partial charge in [0.25, 0.3) is 0 Å². The molecule has 0 bridgehead atoms. The van der Waals surface area contributed by atoms with Crippen LogP contribution >= 0.6 is 11.8 Å². The average Bonchev–Trinajstić information content (AvgIpc) is 2.61. The van der Waals surface area contributed by atoms with Gasteiger partial charge in [0.2, 0.25) is 5.12 Å². The molecule has 0 atom stereocenters. The summed E-state index contributed by atoms with van der Waals surface area (Å²) in [4.78, 5) is 15.9. The second-order valence-electron chi connectivity index (χ2n) is 3.12. The number of anilines is 1. The quantitative estimate of drug-likeness (QED) is 0.793. The molecule has 2 aromatic rings. The highest BCUT2D eigenvalue weighted by Gasteiger charge is 2.15. The molecule has 0 amide bonds. The standard InChI is InChI=1S/C10H10N4OS/c1-14-9(11)7(6-13-14)10(15)16-8-4-2-3-5-12-8/h2-6H,11H2,1H3. The molecule has 0 saturated carbocycles. The monoisotopic (exact) mass is 234 g/mol.